The van der Waals surface area contributed by atoms with E-state index in [0.29, 0.717) is 17.2 Å². The topological polar surface area (TPSA) is 37.4 Å². The lowest BCUT2D eigenvalue weighted by atomic mass is 10.2. The molecule has 0 unspecified atom stereocenters. The van der Waals surface area contributed by atoms with Gasteiger partial charge in [0.05, 0.1) is 11.4 Å². The van der Waals surface area contributed by atoms with Gasteiger partial charge >= 0.3 is 0 Å². The molecule has 2 heterocycles. The monoisotopic (exact) mass is 329 g/mol. The molecule has 1 fully saturated rings. The predicted octanol–water partition coefficient (Wildman–Crippen LogP) is 2.60. The van der Waals surface area contributed by atoms with E-state index >= 15 is 0 Å². The van der Waals surface area contributed by atoms with E-state index in [-0.39, 0.29) is 17.1 Å². The average molecular weight is 330 g/mol. The molecule has 1 amide bonds. The van der Waals surface area contributed by atoms with Crippen molar-refractivity contribution in [3.63, 3.8) is 0 Å². The number of nitrogens with zero attached hydrogens (tertiary/aromatic N) is 1. The molecule has 0 bridgehead atoms. The van der Waals surface area contributed by atoms with Gasteiger partial charge in [0.15, 0.2) is 0 Å². The van der Waals surface area contributed by atoms with E-state index < -0.39 is 0 Å². The molecule has 0 N–H and O–H groups in total. The Morgan fingerprint density at radius 3 is 3.00 bits per heavy atom. The molecular weight excluding hydrogens is 322 g/mol. The third-order valence-electron chi connectivity index (χ3n) is 2.80. The van der Waals surface area contributed by atoms with Gasteiger partial charge in [-0.15, -0.1) is 11.8 Å². The number of thioether (sulfide) groups is 2. The Labute approximate surface area is 115 Å². The summed E-state index contributed by atoms with van der Waals surface area (Å²) >= 11 is 6.18. The van der Waals surface area contributed by atoms with Crippen LogP contribution in [0.3, 0.4) is 0 Å². The fourth-order valence-electron chi connectivity index (χ4n) is 1.93. The Kier molecular flexibility index (Phi) is 2.96. The molecule has 0 aromatic heterocycles. The summed E-state index contributed by atoms with van der Waals surface area (Å²) in [6.45, 7) is 0. The van der Waals surface area contributed by atoms with E-state index in [9.17, 15) is 9.59 Å². The molecule has 1 aromatic rings. The molecule has 6 heteroatoms. The zero-order valence-corrected chi connectivity index (χ0v) is 11.9. The highest BCUT2D eigenvalue weighted by Gasteiger charge is 2.39. The molecule has 88 valence electrons. The van der Waals surface area contributed by atoms with Crippen LogP contribution in [0, 0.1) is 0 Å². The second-order valence-electron chi connectivity index (χ2n) is 3.85. The molecule has 0 saturated carbocycles. The van der Waals surface area contributed by atoms with E-state index in [1.165, 1.54) is 11.8 Å². The number of hydrogen-bond acceptors (Lipinski definition) is 4. The number of hydrogen-bond donors (Lipinski definition) is 0. The number of carbonyl (C=O) groups is 2. The number of halogens is 1. The molecule has 1 aromatic carbocycles. The minimum Gasteiger partial charge on any atom is -0.318 e. The van der Waals surface area contributed by atoms with Gasteiger partial charge in [-0.25, -0.2) is 0 Å². The molecule has 1 atom stereocenters. The van der Waals surface area contributed by atoms with Crippen LogP contribution in [0.1, 0.15) is 10.4 Å². The summed E-state index contributed by atoms with van der Waals surface area (Å²) in [4.78, 5) is 26.8. The van der Waals surface area contributed by atoms with Gasteiger partial charge in [-0.3, -0.25) is 9.59 Å². The van der Waals surface area contributed by atoms with Crippen molar-refractivity contribution in [1.29, 1.82) is 0 Å². The fourth-order valence-corrected chi connectivity index (χ4v) is 4.50. The van der Waals surface area contributed by atoms with Crippen LogP contribution in [0.2, 0.25) is 0 Å². The van der Waals surface area contributed by atoms with Crippen LogP contribution in [0.5, 0.6) is 0 Å². The van der Waals surface area contributed by atoms with Gasteiger partial charge in [-0.05, 0) is 30.0 Å². The van der Waals surface area contributed by atoms with Gasteiger partial charge in [-0.2, -0.15) is 0 Å². The Bertz CT molecular complexity index is 520. The third kappa shape index (κ3) is 1.92. The van der Waals surface area contributed by atoms with Crippen molar-refractivity contribution in [3.8, 4) is 0 Å². The molecule has 2 aliphatic rings. The van der Waals surface area contributed by atoms with Crippen molar-refractivity contribution in [1.82, 2.24) is 4.90 Å². The van der Waals surface area contributed by atoms with Crippen molar-refractivity contribution >= 4 is 50.5 Å². The van der Waals surface area contributed by atoms with Crippen molar-refractivity contribution in [2.75, 3.05) is 11.6 Å². The molecule has 2 aliphatic heterocycles. The van der Waals surface area contributed by atoms with Gasteiger partial charge in [0, 0.05) is 15.1 Å². The Balaban J connectivity index is 2.12. The first-order chi connectivity index (χ1) is 8.16. The first kappa shape index (κ1) is 11.6. The predicted molar refractivity (Wildman–Crippen MR) is 72.3 cm³/mol. The Hall–Kier alpha value is -0.460. The molecule has 3 nitrogen and oxygen atoms in total. The van der Waals surface area contributed by atoms with E-state index in [0.717, 1.165) is 9.37 Å². The van der Waals surface area contributed by atoms with Gasteiger partial charge in [-0.1, -0.05) is 15.9 Å². The zero-order chi connectivity index (χ0) is 12.0. The first-order valence-corrected chi connectivity index (χ1v) is 7.83. The minimum absolute atomic E-state index is 0.0327. The third-order valence-corrected chi connectivity index (χ3v) is 5.35. The first-order valence-electron chi connectivity index (χ1n) is 5.07. The summed E-state index contributed by atoms with van der Waals surface area (Å²) in [6, 6.07) is 5.22. The van der Waals surface area contributed by atoms with Gasteiger partial charge in [0.2, 0.25) is 5.12 Å². The summed E-state index contributed by atoms with van der Waals surface area (Å²) in [5.74, 6) is 1.30. The highest BCUT2D eigenvalue weighted by Crippen LogP contribution is 2.36. The van der Waals surface area contributed by atoms with Crippen molar-refractivity contribution in [3.05, 3.63) is 28.2 Å². The lowest BCUT2D eigenvalue weighted by Crippen LogP contribution is -2.39. The minimum atomic E-state index is -0.260. The van der Waals surface area contributed by atoms with Crippen LogP contribution in [0.25, 0.3) is 0 Å². The summed E-state index contributed by atoms with van der Waals surface area (Å²) in [7, 11) is 0. The van der Waals surface area contributed by atoms with E-state index in [1.807, 2.05) is 12.1 Å². The van der Waals surface area contributed by atoms with E-state index in [2.05, 4.69) is 15.9 Å². The highest BCUT2D eigenvalue weighted by molar-refractivity contribution is 9.10. The largest absolute Gasteiger partial charge is 0.318 e. The van der Waals surface area contributed by atoms with Crippen LogP contribution < -0.4 is 0 Å². The van der Waals surface area contributed by atoms with Crippen molar-refractivity contribution in [2.24, 2.45) is 0 Å². The van der Waals surface area contributed by atoms with Gasteiger partial charge < -0.3 is 4.90 Å². The molecule has 0 spiro atoms. The molecule has 0 aliphatic carbocycles. The molecule has 0 radical (unpaired) electrons. The second-order valence-corrected chi connectivity index (χ2v) is 6.81. The van der Waals surface area contributed by atoms with E-state index in [4.69, 9.17) is 0 Å². The zero-order valence-electron chi connectivity index (χ0n) is 8.68. The molecule has 17 heavy (non-hydrogen) atoms. The molecule has 1 saturated heterocycles. The quantitative estimate of drug-likeness (QED) is 0.733. The van der Waals surface area contributed by atoms with Gasteiger partial charge in [0.25, 0.3) is 5.91 Å². The van der Waals surface area contributed by atoms with Crippen LogP contribution in [0.15, 0.2) is 27.6 Å². The standard InChI is InChI=1S/C11H8BrNO2S2/c12-6-1-2-9-7(3-6)10(14)13-5-16-4-8(13)11(15)17-9/h1-3,8H,4-5H2/t8-/m0/s1. The van der Waals surface area contributed by atoms with Crippen molar-refractivity contribution < 1.29 is 9.59 Å². The maximum absolute atomic E-state index is 12.3. The molecular formula is C11H8BrNO2S2. The lowest BCUT2D eigenvalue weighted by Gasteiger charge is -2.19. The Morgan fingerprint density at radius 1 is 1.35 bits per heavy atom. The maximum Gasteiger partial charge on any atom is 0.256 e. The number of carbonyl (C=O) groups excluding carboxylic acids is 2. The van der Waals surface area contributed by atoms with E-state index in [1.54, 1.807) is 22.7 Å². The second kappa shape index (κ2) is 4.33. The van der Waals surface area contributed by atoms with Crippen LogP contribution in [-0.4, -0.2) is 33.6 Å². The summed E-state index contributed by atoms with van der Waals surface area (Å²) in [5.41, 5.74) is 0.628. The van der Waals surface area contributed by atoms with Crippen LogP contribution >= 0.6 is 39.5 Å². The summed E-state index contributed by atoms with van der Waals surface area (Å²) < 4.78 is 0.864. The average Bonchev–Trinajstić information content (AvgIpc) is 2.76. The normalized spacial score (nSPS) is 23.4. The molecule has 3 rings (SSSR count). The van der Waals surface area contributed by atoms with Crippen molar-refractivity contribution in [2.45, 2.75) is 10.9 Å². The number of benzene rings is 1. The highest BCUT2D eigenvalue weighted by atomic mass is 79.9. The number of fused-ring (bicyclic) bond motifs is 2. The van der Waals surface area contributed by atoms with Crippen LogP contribution in [0.4, 0.5) is 0 Å². The maximum atomic E-state index is 12.3. The number of rotatable bonds is 0. The smallest absolute Gasteiger partial charge is 0.256 e. The summed E-state index contributed by atoms with van der Waals surface area (Å²) in [6.07, 6.45) is 0. The lowest BCUT2D eigenvalue weighted by molar-refractivity contribution is -0.113. The Morgan fingerprint density at radius 2 is 2.18 bits per heavy atom. The van der Waals surface area contributed by atoms with Gasteiger partial charge in [0.1, 0.15) is 6.04 Å². The summed E-state index contributed by atoms with van der Waals surface area (Å²) in [5, 5.41) is 0.0735. The fraction of sp³-hybridized carbons (Fsp3) is 0.273. The van der Waals surface area contributed by atoms with Crippen LogP contribution in [-0.2, 0) is 4.79 Å². The number of amides is 1. The SMILES string of the molecule is O=C1Sc2ccc(Br)cc2C(=O)N2CSC[C@@H]12.